The van der Waals surface area contributed by atoms with Crippen LogP contribution in [-0.2, 0) is 0 Å². The molecule has 2 fully saturated rings. The van der Waals surface area contributed by atoms with Gasteiger partial charge in [-0.3, -0.25) is 0 Å². The molecule has 0 saturated heterocycles. The number of nitrogens with two attached hydrogens (primary N) is 1. The fourth-order valence-electron chi connectivity index (χ4n) is 4.87. The van der Waals surface area contributed by atoms with Gasteiger partial charge in [-0.2, -0.15) is 0 Å². The number of rotatable bonds is 4. The van der Waals surface area contributed by atoms with Gasteiger partial charge in [0.05, 0.1) is 0 Å². The van der Waals surface area contributed by atoms with E-state index in [0.29, 0.717) is 0 Å². The molecule has 0 amide bonds. The maximum absolute atomic E-state index is 6.09. The molecule has 0 bridgehead atoms. The van der Waals surface area contributed by atoms with Crippen LogP contribution in [0.25, 0.3) is 0 Å². The van der Waals surface area contributed by atoms with E-state index < -0.39 is 0 Å². The Kier molecular flexibility index (Phi) is 5.74. The summed E-state index contributed by atoms with van der Waals surface area (Å²) in [6.07, 6.45) is 11.6. The smallest absolute Gasteiger partial charge is 0.00461 e. The minimum absolute atomic E-state index is 0.829. The molecule has 2 N–H and O–H groups in total. The molecule has 2 aliphatic carbocycles. The average Bonchev–Trinajstić information content (AvgIpc) is 2.46. The highest BCUT2D eigenvalue weighted by molar-refractivity contribution is 4.88. The largest absolute Gasteiger partial charge is 0.330 e. The first-order chi connectivity index (χ1) is 9.15. The van der Waals surface area contributed by atoms with Crippen LogP contribution in [0.15, 0.2) is 0 Å². The lowest BCUT2D eigenvalue weighted by Gasteiger charge is -2.44. The molecule has 0 heterocycles. The van der Waals surface area contributed by atoms with Gasteiger partial charge in [0.1, 0.15) is 0 Å². The van der Waals surface area contributed by atoms with Crippen LogP contribution in [0.4, 0.5) is 0 Å². The first kappa shape index (κ1) is 15.4. The normalized spacial score (nSPS) is 40.6. The van der Waals surface area contributed by atoms with Crippen LogP contribution in [0.5, 0.6) is 0 Å². The minimum Gasteiger partial charge on any atom is -0.330 e. The van der Waals surface area contributed by atoms with Crippen molar-refractivity contribution in [2.75, 3.05) is 6.54 Å². The molecule has 2 rings (SSSR count). The first-order valence-electron chi connectivity index (χ1n) is 8.85. The zero-order valence-corrected chi connectivity index (χ0v) is 13.4. The van der Waals surface area contributed by atoms with E-state index in [4.69, 9.17) is 5.73 Å². The van der Waals surface area contributed by atoms with Crippen LogP contribution in [-0.4, -0.2) is 6.54 Å². The number of hydrogen-bond acceptors (Lipinski definition) is 1. The van der Waals surface area contributed by atoms with Crippen molar-refractivity contribution in [2.24, 2.45) is 41.2 Å². The summed E-state index contributed by atoms with van der Waals surface area (Å²) in [5.41, 5.74) is 6.09. The molecule has 5 unspecified atom stereocenters. The van der Waals surface area contributed by atoms with E-state index in [0.717, 1.165) is 42.1 Å². The predicted molar refractivity (Wildman–Crippen MR) is 84.0 cm³/mol. The second-order valence-electron chi connectivity index (χ2n) is 7.68. The van der Waals surface area contributed by atoms with Crippen molar-refractivity contribution in [3.8, 4) is 0 Å². The van der Waals surface area contributed by atoms with E-state index in [1.807, 2.05) is 0 Å². The van der Waals surface area contributed by atoms with E-state index in [9.17, 15) is 0 Å². The second-order valence-corrected chi connectivity index (χ2v) is 7.68. The summed E-state index contributed by atoms with van der Waals surface area (Å²) in [4.78, 5) is 0. The summed E-state index contributed by atoms with van der Waals surface area (Å²) in [6.45, 7) is 8.15. The summed E-state index contributed by atoms with van der Waals surface area (Å²) in [7, 11) is 0. The summed E-state index contributed by atoms with van der Waals surface area (Å²) < 4.78 is 0. The van der Waals surface area contributed by atoms with Crippen LogP contribution in [0.1, 0.15) is 72.1 Å². The molecule has 2 saturated carbocycles. The Morgan fingerprint density at radius 2 is 1.84 bits per heavy atom. The summed E-state index contributed by atoms with van der Waals surface area (Å²) in [6, 6.07) is 0. The van der Waals surface area contributed by atoms with Crippen LogP contribution in [0, 0.1) is 35.5 Å². The van der Waals surface area contributed by atoms with Gasteiger partial charge in [0, 0.05) is 0 Å². The summed E-state index contributed by atoms with van der Waals surface area (Å²) >= 11 is 0. The van der Waals surface area contributed by atoms with Gasteiger partial charge in [-0.25, -0.2) is 0 Å². The van der Waals surface area contributed by atoms with Gasteiger partial charge >= 0.3 is 0 Å². The van der Waals surface area contributed by atoms with Crippen molar-refractivity contribution in [1.29, 1.82) is 0 Å². The van der Waals surface area contributed by atoms with Crippen LogP contribution in [0.3, 0.4) is 0 Å². The molecule has 0 spiro atoms. The van der Waals surface area contributed by atoms with Crippen LogP contribution >= 0.6 is 0 Å². The third-order valence-electron chi connectivity index (χ3n) is 6.34. The van der Waals surface area contributed by atoms with Gasteiger partial charge in [-0.1, -0.05) is 46.5 Å². The molecule has 0 aromatic carbocycles. The second kappa shape index (κ2) is 7.11. The number of hydrogen-bond donors (Lipinski definition) is 1. The molecule has 112 valence electrons. The van der Waals surface area contributed by atoms with E-state index in [2.05, 4.69) is 20.8 Å². The lowest BCUT2D eigenvalue weighted by atomic mass is 9.62. The molecule has 0 aromatic rings. The Morgan fingerprint density at radius 1 is 1.05 bits per heavy atom. The van der Waals surface area contributed by atoms with Gasteiger partial charge in [-0.05, 0) is 67.7 Å². The zero-order chi connectivity index (χ0) is 13.8. The molecule has 2 aliphatic rings. The Morgan fingerprint density at radius 3 is 2.47 bits per heavy atom. The van der Waals surface area contributed by atoms with E-state index in [1.165, 1.54) is 51.4 Å². The van der Waals surface area contributed by atoms with Gasteiger partial charge in [0.25, 0.3) is 0 Å². The molecule has 0 aromatic heterocycles. The zero-order valence-electron chi connectivity index (χ0n) is 13.4. The van der Waals surface area contributed by atoms with Gasteiger partial charge in [0.2, 0.25) is 0 Å². The molecule has 1 heteroatoms. The van der Waals surface area contributed by atoms with Crippen molar-refractivity contribution in [1.82, 2.24) is 0 Å². The highest BCUT2D eigenvalue weighted by atomic mass is 14.6. The molecule has 0 radical (unpaired) electrons. The minimum atomic E-state index is 0.829. The van der Waals surface area contributed by atoms with E-state index in [1.54, 1.807) is 0 Å². The van der Waals surface area contributed by atoms with Crippen LogP contribution in [0.2, 0.25) is 0 Å². The molecule has 1 nitrogen and oxygen atoms in total. The van der Waals surface area contributed by atoms with E-state index in [-0.39, 0.29) is 0 Å². The van der Waals surface area contributed by atoms with Crippen molar-refractivity contribution in [3.63, 3.8) is 0 Å². The Bertz CT molecular complexity index is 260. The monoisotopic (exact) mass is 265 g/mol. The Hall–Kier alpha value is -0.0400. The molecule has 19 heavy (non-hydrogen) atoms. The molecule has 0 aliphatic heterocycles. The van der Waals surface area contributed by atoms with E-state index >= 15 is 0 Å². The molecular weight excluding hydrogens is 230 g/mol. The van der Waals surface area contributed by atoms with Gasteiger partial charge in [0.15, 0.2) is 0 Å². The quantitative estimate of drug-likeness (QED) is 0.772. The topological polar surface area (TPSA) is 26.0 Å². The average molecular weight is 265 g/mol. The van der Waals surface area contributed by atoms with Crippen molar-refractivity contribution in [3.05, 3.63) is 0 Å². The predicted octanol–water partition coefficient (Wildman–Crippen LogP) is 4.85. The third-order valence-corrected chi connectivity index (χ3v) is 6.34. The molecule has 5 atom stereocenters. The first-order valence-corrected chi connectivity index (χ1v) is 8.85. The van der Waals surface area contributed by atoms with Gasteiger partial charge in [-0.15, -0.1) is 0 Å². The van der Waals surface area contributed by atoms with Gasteiger partial charge < -0.3 is 5.73 Å². The highest BCUT2D eigenvalue weighted by Gasteiger charge is 2.37. The maximum atomic E-state index is 6.09. The third kappa shape index (κ3) is 3.74. The standard InChI is InChI=1S/C18H35N/c1-4-14-6-5-7-16(10-14)18-11-15(13(2)3)8-9-17(18)12-19/h13-18H,4-12,19H2,1-3H3. The fourth-order valence-corrected chi connectivity index (χ4v) is 4.87. The Balaban J connectivity index is 2.00. The lowest BCUT2D eigenvalue weighted by Crippen LogP contribution is -2.38. The Labute approximate surface area is 120 Å². The van der Waals surface area contributed by atoms with Crippen LogP contribution < -0.4 is 5.73 Å². The van der Waals surface area contributed by atoms with Crippen molar-refractivity contribution >= 4 is 0 Å². The summed E-state index contributed by atoms with van der Waals surface area (Å²) in [5, 5.41) is 0. The highest BCUT2D eigenvalue weighted by Crippen LogP contribution is 2.46. The van der Waals surface area contributed by atoms with Crippen molar-refractivity contribution in [2.45, 2.75) is 72.1 Å². The van der Waals surface area contributed by atoms with Crippen molar-refractivity contribution < 1.29 is 0 Å². The fraction of sp³-hybridized carbons (Fsp3) is 1.00. The maximum Gasteiger partial charge on any atom is -0.00461 e. The summed E-state index contributed by atoms with van der Waals surface area (Å²) in [5.74, 6) is 5.61. The SMILES string of the molecule is CCC1CCCC(C2CC(C(C)C)CCC2CN)C1. The lowest BCUT2D eigenvalue weighted by molar-refractivity contribution is 0.0689. The molecular formula is C18H35N.